The summed E-state index contributed by atoms with van der Waals surface area (Å²) in [4.78, 5) is 0. The lowest BCUT2D eigenvalue weighted by Gasteiger charge is -2.32. The molecule has 2 saturated heterocycles. The second-order valence-electron chi connectivity index (χ2n) is 7.55. The van der Waals surface area contributed by atoms with E-state index in [1.54, 1.807) is 12.1 Å². The van der Waals surface area contributed by atoms with Crippen molar-refractivity contribution in [1.29, 1.82) is 0 Å². The fourth-order valence-electron chi connectivity index (χ4n) is 3.20. The summed E-state index contributed by atoms with van der Waals surface area (Å²) >= 11 is 0. The third-order valence-corrected chi connectivity index (χ3v) is 5.32. The van der Waals surface area contributed by atoms with E-state index in [0.29, 0.717) is 17.7 Å². The molecule has 0 spiro atoms. The van der Waals surface area contributed by atoms with Crippen molar-refractivity contribution >= 4 is 12.7 Å². The monoisotopic (exact) mass is 335 g/mol. The minimum absolute atomic E-state index is 0.0224. The van der Waals surface area contributed by atoms with Crippen molar-refractivity contribution in [3.05, 3.63) is 41.4 Å². The van der Waals surface area contributed by atoms with Crippen molar-refractivity contribution < 1.29 is 18.1 Å². The van der Waals surface area contributed by atoms with Crippen molar-refractivity contribution in [1.82, 2.24) is 5.32 Å². The first-order valence-electron chi connectivity index (χ1n) is 8.43. The minimum Gasteiger partial charge on any atom is -0.398 e. The van der Waals surface area contributed by atoms with Crippen LogP contribution in [-0.2, 0) is 9.31 Å². The molecule has 3 rings (SSSR count). The van der Waals surface area contributed by atoms with Gasteiger partial charge in [-0.1, -0.05) is 12.1 Å². The van der Waals surface area contributed by atoms with Crippen molar-refractivity contribution in [2.45, 2.75) is 45.3 Å². The van der Waals surface area contributed by atoms with E-state index in [0.717, 1.165) is 13.0 Å². The molecule has 1 unspecified atom stereocenters. The zero-order valence-electron chi connectivity index (χ0n) is 14.7. The maximum Gasteiger partial charge on any atom is 0.525 e. The first kappa shape index (κ1) is 17.6. The Hall–Kier alpha value is -1.24. The molecule has 2 fully saturated rings. The molecule has 0 saturated carbocycles. The van der Waals surface area contributed by atoms with Crippen LogP contribution in [0, 0.1) is 11.7 Å². The fourth-order valence-corrected chi connectivity index (χ4v) is 3.20. The van der Waals surface area contributed by atoms with Crippen molar-refractivity contribution in [2.75, 3.05) is 13.1 Å². The standard InChI is InChI=1S/C18H24BF2NO2/c1-17(2)18(3,4)24-19(23-17)16(21)15(13-8-9-22-11-13)12-6-5-7-14(20)10-12/h5-7,10,13,22H,8-9,11H2,1-4H3. The molecule has 24 heavy (non-hydrogen) atoms. The smallest absolute Gasteiger partial charge is 0.398 e. The molecule has 130 valence electrons. The summed E-state index contributed by atoms with van der Waals surface area (Å²) in [5.74, 6) is -0.400. The van der Waals surface area contributed by atoms with Gasteiger partial charge in [-0.3, -0.25) is 0 Å². The molecule has 0 aliphatic carbocycles. The van der Waals surface area contributed by atoms with Crippen molar-refractivity contribution in [3.63, 3.8) is 0 Å². The molecule has 2 aliphatic rings. The van der Waals surface area contributed by atoms with Gasteiger partial charge in [0.2, 0.25) is 0 Å². The predicted molar refractivity (Wildman–Crippen MR) is 91.5 cm³/mol. The number of hydrogen-bond acceptors (Lipinski definition) is 3. The molecule has 2 aliphatic heterocycles. The maximum atomic E-state index is 15.4. The van der Waals surface area contributed by atoms with Gasteiger partial charge in [-0.15, -0.1) is 0 Å². The predicted octanol–water partition coefficient (Wildman–Crippen LogP) is 3.75. The van der Waals surface area contributed by atoms with Crippen molar-refractivity contribution in [3.8, 4) is 0 Å². The van der Waals surface area contributed by atoms with E-state index in [2.05, 4.69) is 5.32 Å². The Kier molecular flexibility index (Phi) is 4.58. The molecule has 3 nitrogen and oxygen atoms in total. The summed E-state index contributed by atoms with van der Waals surface area (Å²) in [5.41, 5.74) is -0.645. The highest BCUT2D eigenvalue weighted by Gasteiger charge is 2.54. The molecule has 2 heterocycles. The highest BCUT2D eigenvalue weighted by atomic mass is 19.1. The second-order valence-corrected chi connectivity index (χ2v) is 7.55. The van der Waals surface area contributed by atoms with Gasteiger partial charge in [-0.2, -0.15) is 0 Å². The number of hydrogen-bond donors (Lipinski definition) is 1. The number of nitrogens with one attached hydrogen (secondary N) is 1. The SMILES string of the molecule is CC1(C)OB(C(F)=C(c2cccc(F)c2)C2CCNC2)OC1(C)C. The lowest BCUT2D eigenvalue weighted by Crippen LogP contribution is -2.41. The normalized spacial score (nSPS) is 26.6. The van der Waals surface area contributed by atoms with Gasteiger partial charge in [0.25, 0.3) is 0 Å². The van der Waals surface area contributed by atoms with Gasteiger partial charge in [0.15, 0.2) is 0 Å². The molecule has 0 bridgehead atoms. The Morgan fingerprint density at radius 2 is 1.88 bits per heavy atom. The minimum atomic E-state index is -1.06. The van der Waals surface area contributed by atoms with E-state index >= 15 is 4.39 Å². The first-order valence-corrected chi connectivity index (χ1v) is 8.43. The molecule has 0 amide bonds. The number of benzene rings is 1. The van der Waals surface area contributed by atoms with Gasteiger partial charge in [0, 0.05) is 12.5 Å². The average Bonchev–Trinajstić information content (AvgIpc) is 3.06. The molecule has 1 aromatic rings. The van der Waals surface area contributed by atoms with E-state index in [4.69, 9.17) is 9.31 Å². The topological polar surface area (TPSA) is 30.5 Å². The van der Waals surface area contributed by atoms with Gasteiger partial charge < -0.3 is 14.6 Å². The van der Waals surface area contributed by atoms with Crippen LogP contribution in [0.15, 0.2) is 30.0 Å². The van der Waals surface area contributed by atoms with Gasteiger partial charge in [0.1, 0.15) is 11.5 Å². The molecule has 1 atom stereocenters. The Morgan fingerprint density at radius 1 is 1.21 bits per heavy atom. The van der Waals surface area contributed by atoms with Crippen LogP contribution in [0.3, 0.4) is 0 Å². The zero-order chi connectivity index (χ0) is 17.5. The van der Waals surface area contributed by atoms with Crippen LogP contribution in [0.25, 0.3) is 5.57 Å². The van der Waals surface area contributed by atoms with Crippen molar-refractivity contribution in [2.24, 2.45) is 5.92 Å². The maximum absolute atomic E-state index is 15.4. The third-order valence-electron chi connectivity index (χ3n) is 5.32. The zero-order valence-corrected chi connectivity index (χ0v) is 14.7. The molecule has 0 radical (unpaired) electrons. The quantitative estimate of drug-likeness (QED) is 0.854. The van der Waals surface area contributed by atoms with E-state index in [1.807, 2.05) is 27.7 Å². The van der Waals surface area contributed by atoms with Gasteiger partial charge in [-0.25, -0.2) is 8.78 Å². The Bertz CT molecular complexity index is 638. The molecule has 0 aromatic heterocycles. The number of rotatable bonds is 3. The van der Waals surface area contributed by atoms with Crippen LogP contribution in [-0.4, -0.2) is 31.4 Å². The van der Waals surface area contributed by atoms with Gasteiger partial charge >= 0.3 is 7.12 Å². The highest BCUT2D eigenvalue weighted by molar-refractivity contribution is 6.55. The average molecular weight is 335 g/mol. The number of halogens is 2. The summed E-state index contributed by atoms with van der Waals surface area (Å²) < 4.78 is 40.8. The first-order chi connectivity index (χ1) is 11.2. The molecular weight excluding hydrogens is 311 g/mol. The van der Waals surface area contributed by atoms with Gasteiger partial charge in [0.05, 0.1) is 11.2 Å². The van der Waals surface area contributed by atoms with Crippen LogP contribution >= 0.6 is 0 Å². The Labute approximate surface area is 142 Å². The Balaban J connectivity index is 2.02. The van der Waals surface area contributed by atoms with Crippen LogP contribution in [0.4, 0.5) is 8.78 Å². The summed E-state index contributed by atoms with van der Waals surface area (Å²) in [7, 11) is -1.06. The van der Waals surface area contributed by atoms with Gasteiger partial charge in [-0.05, 0) is 63.9 Å². The molecule has 1 aromatic carbocycles. The molecule has 1 N–H and O–H groups in total. The summed E-state index contributed by atoms with van der Waals surface area (Å²) in [6.07, 6.45) is 0.804. The van der Waals surface area contributed by atoms with E-state index in [1.165, 1.54) is 12.1 Å². The lowest BCUT2D eigenvalue weighted by molar-refractivity contribution is 0.00578. The summed E-state index contributed by atoms with van der Waals surface area (Å²) in [6.45, 7) is 9.04. The van der Waals surface area contributed by atoms with Crippen LogP contribution in [0.1, 0.15) is 39.7 Å². The molecule has 6 heteroatoms. The summed E-state index contributed by atoms with van der Waals surface area (Å²) in [6, 6.07) is 6.07. The lowest BCUT2D eigenvalue weighted by atomic mass is 9.78. The van der Waals surface area contributed by atoms with Crippen LogP contribution in [0.2, 0.25) is 0 Å². The van der Waals surface area contributed by atoms with E-state index in [-0.39, 0.29) is 11.7 Å². The largest absolute Gasteiger partial charge is 0.525 e. The van der Waals surface area contributed by atoms with E-state index < -0.39 is 24.0 Å². The fraction of sp³-hybridized carbons (Fsp3) is 0.556. The Morgan fingerprint density at radius 3 is 2.42 bits per heavy atom. The highest BCUT2D eigenvalue weighted by Crippen LogP contribution is 2.42. The van der Waals surface area contributed by atoms with Crippen LogP contribution in [0.5, 0.6) is 0 Å². The third kappa shape index (κ3) is 3.15. The van der Waals surface area contributed by atoms with Crippen LogP contribution < -0.4 is 5.32 Å². The second kappa shape index (κ2) is 6.25. The van der Waals surface area contributed by atoms with E-state index in [9.17, 15) is 4.39 Å². The summed E-state index contributed by atoms with van der Waals surface area (Å²) in [5, 5.41) is 3.24. The molecular formula is C18H24BF2NO2.